The maximum Gasteiger partial charge on any atom is 0.418 e. The first-order valence-corrected chi connectivity index (χ1v) is 9.91. The van der Waals surface area contributed by atoms with Crippen LogP contribution in [0.15, 0.2) is 53.4 Å². The van der Waals surface area contributed by atoms with Gasteiger partial charge in [0.15, 0.2) is 0 Å². The molecule has 4 nitrogen and oxygen atoms in total. The van der Waals surface area contributed by atoms with Crippen molar-refractivity contribution in [1.29, 1.82) is 0 Å². The van der Waals surface area contributed by atoms with Gasteiger partial charge in [0.05, 0.1) is 17.0 Å². The number of hydrogen-bond acceptors (Lipinski definition) is 3. The number of anilines is 2. The molecular formula is C21H23F3N2O2S. The summed E-state index contributed by atoms with van der Waals surface area (Å²) in [5.74, 6) is -0.656. The van der Waals surface area contributed by atoms with Gasteiger partial charge in [-0.15, -0.1) is 11.8 Å². The van der Waals surface area contributed by atoms with Gasteiger partial charge in [0.25, 0.3) is 0 Å². The quantitative estimate of drug-likeness (QED) is 0.575. The van der Waals surface area contributed by atoms with Crippen molar-refractivity contribution in [2.75, 3.05) is 16.4 Å². The molecule has 8 heteroatoms. The standard InChI is InChI=1S/C21H23F3N2O2S/c1-20(2,3)12-18(27)25-14-8-10-15(11-9-14)29-13-19(28)26-17-7-5-4-6-16(17)21(22,23)24/h4-11H,12-13H2,1-3H3,(H,25,27)(H,26,28). The fourth-order valence-corrected chi connectivity index (χ4v) is 3.19. The number of rotatable bonds is 6. The predicted octanol–water partition coefficient (Wildman–Crippen LogP) is 5.81. The summed E-state index contributed by atoms with van der Waals surface area (Å²) in [7, 11) is 0. The smallest absolute Gasteiger partial charge is 0.326 e. The van der Waals surface area contributed by atoms with Crippen LogP contribution in [0.2, 0.25) is 0 Å². The maximum absolute atomic E-state index is 13.0. The zero-order valence-electron chi connectivity index (χ0n) is 16.4. The van der Waals surface area contributed by atoms with Crippen molar-refractivity contribution < 1.29 is 22.8 Å². The molecule has 0 spiro atoms. The van der Waals surface area contributed by atoms with Crippen molar-refractivity contribution in [1.82, 2.24) is 0 Å². The molecule has 2 rings (SSSR count). The Morgan fingerprint density at radius 3 is 2.10 bits per heavy atom. The average molecular weight is 424 g/mol. The lowest BCUT2D eigenvalue weighted by Gasteiger charge is -2.17. The molecule has 2 N–H and O–H groups in total. The second kappa shape index (κ2) is 9.35. The van der Waals surface area contributed by atoms with Gasteiger partial charge < -0.3 is 10.6 Å². The maximum atomic E-state index is 13.0. The summed E-state index contributed by atoms with van der Waals surface area (Å²) >= 11 is 1.19. The van der Waals surface area contributed by atoms with Crippen LogP contribution in [0.1, 0.15) is 32.8 Å². The molecule has 29 heavy (non-hydrogen) atoms. The van der Waals surface area contributed by atoms with Gasteiger partial charge in [-0.1, -0.05) is 32.9 Å². The minimum atomic E-state index is -4.54. The van der Waals surface area contributed by atoms with Gasteiger partial charge in [-0.2, -0.15) is 13.2 Å². The van der Waals surface area contributed by atoms with E-state index in [-0.39, 0.29) is 22.8 Å². The van der Waals surface area contributed by atoms with Gasteiger partial charge in [0.1, 0.15) is 0 Å². The number of carbonyl (C=O) groups is 2. The van der Waals surface area contributed by atoms with Crippen molar-refractivity contribution in [3.63, 3.8) is 0 Å². The molecule has 0 aromatic heterocycles. The number of hydrogen-bond donors (Lipinski definition) is 2. The highest BCUT2D eigenvalue weighted by Gasteiger charge is 2.33. The highest BCUT2D eigenvalue weighted by atomic mass is 32.2. The summed E-state index contributed by atoms with van der Waals surface area (Å²) in [6, 6.07) is 11.8. The third-order valence-electron chi connectivity index (χ3n) is 3.71. The molecule has 0 saturated heterocycles. The minimum absolute atomic E-state index is 0.0398. The first-order valence-electron chi connectivity index (χ1n) is 8.93. The Bertz CT molecular complexity index is 859. The Labute approximate surface area is 172 Å². The van der Waals surface area contributed by atoms with Gasteiger partial charge in [-0.3, -0.25) is 9.59 Å². The topological polar surface area (TPSA) is 58.2 Å². The van der Waals surface area contributed by atoms with Crippen molar-refractivity contribution in [2.45, 2.75) is 38.3 Å². The van der Waals surface area contributed by atoms with Crippen LogP contribution in [-0.4, -0.2) is 17.6 Å². The largest absolute Gasteiger partial charge is 0.418 e. The lowest BCUT2D eigenvalue weighted by atomic mass is 9.92. The molecule has 2 aromatic carbocycles. The molecule has 0 radical (unpaired) electrons. The van der Waals surface area contributed by atoms with Gasteiger partial charge in [-0.25, -0.2) is 0 Å². The second-order valence-corrected chi connectivity index (χ2v) is 8.74. The van der Waals surface area contributed by atoms with E-state index in [1.54, 1.807) is 24.3 Å². The molecule has 0 aliphatic carbocycles. The summed E-state index contributed by atoms with van der Waals surface area (Å²) < 4.78 is 38.9. The van der Waals surface area contributed by atoms with Gasteiger partial charge in [-0.05, 0) is 41.8 Å². The van der Waals surface area contributed by atoms with E-state index in [0.717, 1.165) is 11.0 Å². The van der Waals surface area contributed by atoms with E-state index in [0.29, 0.717) is 12.1 Å². The van der Waals surface area contributed by atoms with E-state index >= 15 is 0 Å². The van der Waals surface area contributed by atoms with Crippen LogP contribution in [0, 0.1) is 5.41 Å². The minimum Gasteiger partial charge on any atom is -0.326 e. The number of benzene rings is 2. The zero-order valence-corrected chi connectivity index (χ0v) is 17.2. The number of amides is 2. The summed E-state index contributed by atoms with van der Waals surface area (Å²) in [6.45, 7) is 5.93. The Morgan fingerprint density at radius 1 is 0.897 bits per heavy atom. The van der Waals surface area contributed by atoms with Crippen molar-refractivity contribution in [3.8, 4) is 0 Å². The molecule has 0 heterocycles. The molecule has 0 aliphatic rings. The fourth-order valence-electron chi connectivity index (χ4n) is 2.50. The molecule has 0 atom stereocenters. The first kappa shape index (κ1) is 22.8. The van der Waals surface area contributed by atoms with Crippen LogP contribution >= 0.6 is 11.8 Å². The summed E-state index contributed by atoms with van der Waals surface area (Å²) in [5.41, 5.74) is -0.610. The first-order chi connectivity index (χ1) is 13.4. The van der Waals surface area contributed by atoms with Crippen LogP contribution in [0.4, 0.5) is 24.5 Å². The van der Waals surface area contributed by atoms with Crippen LogP contribution in [0.5, 0.6) is 0 Å². The monoisotopic (exact) mass is 424 g/mol. The SMILES string of the molecule is CC(C)(C)CC(=O)Nc1ccc(SCC(=O)Nc2ccccc2C(F)(F)F)cc1. The summed E-state index contributed by atoms with van der Waals surface area (Å²) in [4.78, 5) is 24.8. The number of nitrogens with one attached hydrogen (secondary N) is 2. The third kappa shape index (κ3) is 7.81. The number of para-hydroxylation sites is 1. The molecule has 2 aromatic rings. The number of alkyl halides is 3. The van der Waals surface area contributed by atoms with E-state index in [4.69, 9.17) is 0 Å². The van der Waals surface area contributed by atoms with Gasteiger partial charge in [0, 0.05) is 17.0 Å². The Hall–Kier alpha value is -2.48. The van der Waals surface area contributed by atoms with Crippen molar-refractivity contribution in [2.24, 2.45) is 5.41 Å². The lowest BCUT2D eigenvalue weighted by Crippen LogP contribution is -2.19. The normalized spacial score (nSPS) is 11.8. The van der Waals surface area contributed by atoms with Crippen molar-refractivity contribution in [3.05, 3.63) is 54.1 Å². The number of thioether (sulfide) groups is 1. The number of carbonyl (C=O) groups excluding carboxylic acids is 2. The molecule has 2 amide bonds. The van der Waals surface area contributed by atoms with Crippen molar-refractivity contribution >= 4 is 35.0 Å². The highest BCUT2D eigenvalue weighted by molar-refractivity contribution is 8.00. The number of halogens is 3. The van der Waals surface area contributed by atoms with E-state index in [1.807, 2.05) is 20.8 Å². The molecule has 0 fully saturated rings. The Balaban J connectivity index is 1.89. The molecule has 0 unspecified atom stereocenters. The molecule has 0 saturated carbocycles. The second-order valence-electron chi connectivity index (χ2n) is 7.69. The average Bonchev–Trinajstić information content (AvgIpc) is 2.59. The molecule has 0 bridgehead atoms. The predicted molar refractivity (Wildman–Crippen MR) is 110 cm³/mol. The summed E-state index contributed by atoms with van der Waals surface area (Å²) in [6.07, 6.45) is -4.15. The summed E-state index contributed by atoms with van der Waals surface area (Å²) in [5, 5.41) is 5.12. The van der Waals surface area contributed by atoms with Crippen LogP contribution in [-0.2, 0) is 15.8 Å². The Morgan fingerprint density at radius 2 is 1.52 bits per heavy atom. The van der Waals surface area contributed by atoms with Crippen LogP contribution in [0.25, 0.3) is 0 Å². The highest BCUT2D eigenvalue weighted by Crippen LogP contribution is 2.34. The molecule has 0 aliphatic heterocycles. The van der Waals surface area contributed by atoms with E-state index < -0.39 is 17.6 Å². The Kier molecular flexibility index (Phi) is 7.35. The van der Waals surface area contributed by atoms with E-state index in [2.05, 4.69) is 10.6 Å². The van der Waals surface area contributed by atoms with Gasteiger partial charge in [0.2, 0.25) is 11.8 Å². The van der Waals surface area contributed by atoms with Crippen LogP contribution < -0.4 is 10.6 Å². The molecule has 156 valence electrons. The van der Waals surface area contributed by atoms with Crippen LogP contribution in [0.3, 0.4) is 0 Å². The zero-order chi connectivity index (χ0) is 21.7. The molecular weight excluding hydrogens is 401 g/mol. The van der Waals surface area contributed by atoms with Gasteiger partial charge >= 0.3 is 6.18 Å². The fraction of sp³-hybridized carbons (Fsp3) is 0.333. The lowest BCUT2D eigenvalue weighted by molar-refractivity contribution is -0.137. The van der Waals surface area contributed by atoms with E-state index in [9.17, 15) is 22.8 Å². The van der Waals surface area contributed by atoms with E-state index in [1.165, 1.54) is 30.0 Å². The third-order valence-corrected chi connectivity index (χ3v) is 4.72.